The number of nitrogens with zero attached hydrogens (tertiary/aromatic N) is 8. The fourth-order valence-corrected chi connectivity index (χ4v) is 7.71. The Balaban J connectivity index is 1.23. The second-order valence-corrected chi connectivity index (χ2v) is 14.4. The van der Waals surface area contributed by atoms with Crippen LogP contribution in [0, 0.1) is 13.8 Å². The Kier molecular flexibility index (Phi) is 8.56. The van der Waals surface area contributed by atoms with E-state index < -0.39 is 0 Å². The topological polar surface area (TPSA) is 92.9 Å². The van der Waals surface area contributed by atoms with E-state index >= 15 is 0 Å². The van der Waals surface area contributed by atoms with E-state index in [1.807, 2.05) is 67.0 Å². The van der Waals surface area contributed by atoms with Gasteiger partial charge in [-0.3, -0.25) is 4.99 Å². The smallest absolute Gasteiger partial charge is 0.231 e. The number of aliphatic imine (C=N–C) groups is 1. The van der Waals surface area contributed by atoms with Crippen LogP contribution < -0.4 is 4.90 Å². The first-order chi connectivity index (χ1) is 28.0. The Bertz CT molecular complexity index is 2700. The molecule has 10 rings (SSSR count). The molecule has 0 saturated carbocycles. The maximum absolute atomic E-state index is 5.31. The van der Waals surface area contributed by atoms with E-state index in [9.17, 15) is 0 Å². The van der Waals surface area contributed by atoms with Crippen molar-refractivity contribution in [1.29, 1.82) is 0 Å². The van der Waals surface area contributed by atoms with Crippen LogP contribution in [0.25, 0.3) is 68.1 Å². The zero-order valence-electron chi connectivity index (χ0n) is 31.4. The Morgan fingerprint density at radius 1 is 0.439 bits per heavy atom. The molecule has 5 aromatic carbocycles. The van der Waals surface area contributed by atoms with Crippen molar-refractivity contribution in [1.82, 2.24) is 29.9 Å². The maximum atomic E-state index is 5.31. The summed E-state index contributed by atoms with van der Waals surface area (Å²) >= 11 is 0. The molecule has 0 radical (unpaired) electrons. The third-order valence-corrected chi connectivity index (χ3v) is 10.4. The first kappa shape index (κ1) is 34.1. The minimum atomic E-state index is -0.130. The van der Waals surface area contributed by atoms with Crippen molar-refractivity contribution in [3.63, 3.8) is 0 Å². The average molecular weight is 737 g/mol. The Morgan fingerprint density at radius 3 is 1.46 bits per heavy atom. The van der Waals surface area contributed by atoms with Gasteiger partial charge in [-0.1, -0.05) is 132 Å². The summed E-state index contributed by atoms with van der Waals surface area (Å²) in [6, 6.07) is 51.4. The van der Waals surface area contributed by atoms with E-state index in [0.717, 1.165) is 61.8 Å². The Labute approximate surface area is 331 Å². The molecule has 8 heteroatoms. The van der Waals surface area contributed by atoms with Crippen molar-refractivity contribution in [3.05, 3.63) is 181 Å². The summed E-state index contributed by atoms with van der Waals surface area (Å²) < 4.78 is 0. The van der Waals surface area contributed by atoms with E-state index in [4.69, 9.17) is 29.9 Å². The molecule has 0 saturated heterocycles. The monoisotopic (exact) mass is 736 g/mol. The first-order valence-electron chi connectivity index (χ1n) is 19.1. The van der Waals surface area contributed by atoms with Crippen LogP contribution in [0.5, 0.6) is 0 Å². The third kappa shape index (κ3) is 6.57. The van der Waals surface area contributed by atoms with Gasteiger partial charge >= 0.3 is 0 Å². The zero-order valence-corrected chi connectivity index (χ0v) is 31.4. The molecule has 0 amide bonds. The van der Waals surface area contributed by atoms with Crippen LogP contribution in [-0.2, 0) is 0 Å². The highest BCUT2D eigenvalue weighted by molar-refractivity contribution is 5.86. The molecule has 8 nitrogen and oxygen atoms in total. The Hall–Kier alpha value is -7.45. The van der Waals surface area contributed by atoms with Crippen molar-refractivity contribution in [3.8, 4) is 68.1 Å². The van der Waals surface area contributed by atoms with Gasteiger partial charge in [0.15, 0.2) is 11.6 Å². The second kappa shape index (κ2) is 14.3. The van der Waals surface area contributed by atoms with Gasteiger partial charge in [-0.25, -0.2) is 29.9 Å². The molecule has 3 aromatic heterocycles. The minimum absolute atomic E-state index is 0.0885. The molecule has 0 fully saturated rings. The molecular formula is C49H36N8. The molecule has 2 aliphatic rings. The molecule has 272 valence electrons. The van der Waals surface area contributed by atoms with Crippen LogP contribution in [0.15, 0.2) is 169 Å². The number of rotatable bonds is 7. The van der Waals surface area contributed by atoms with Crippen LogP contribution in [0.3, 0.4) is 0 Å². The molecule has 2 atom stereocenters. The van der Waals surface area contributed by atoms with Gasteiger partial charge in [-0.05, 0) is 55.8 Å². The number of hydrogen-bond acceptors (Lipinski definition) is 8. The first-order valence-corrected chi connectivity index (χ1v) is 19.1. The molecule has 2 unspecified atom stereocenters. The van der Waals surface area contributed by atoms with E-state index in [2.05, 4.69) is 127 Å². The summed E-state index contributed by atoms with van der Waals surface area (Å²) in [4.78, 5) is 38.2. The largest absolute Gasteiger partial charge is 0.301 e. The lowest BCUT2D eigenvalue weighted by Gasteiger charge is -2.26. The predicted molar refractivity (Wildman–Crippen MR) is 228 cm³/mol. The van der Waals surface area contributed by atoms with Gasteiger partial charge in [0.1, 0.15) is 11.4 Å². The summed E-state index contributed by atoms with van der Waals surface area (Å²) in [5.74, 6) is 1.51. The highest BCUT2D eigenvalue weighted by Crippen LogP contribution is 2.46. The normalized spacial score (nSPS) is 15.4. The van der Waals surface area contributed by atoms with Crippen LogP contribution in [0.2, 0.25) is 0 Å². The lowest BCUT2D eigenvalue weighted by atomic mass is 9.94. The van der Waals surface area contributed by atoms with Crippen molar-refractivity contribution in [2.45, 2.75) is 25.8 Å². The molecule has 0 bridgehead atoms. The van der Waals surface area contributed by atoms with Gasteiger partial charge in [0.05, 0.1) is 28.8 Å². The van der Waals surface area contributed by atoms with Crippen LogP contribution in [0.1, 0.15) is 22.6 Å². The molecule has 8 aromatic rings. The summed E-state index contributed by atoms with van der Waals surface area (Å²) in [5.41, 5.74) is 12.7. The minimum Gasteiger partial charge on any atom is -0.301 e. The number of para-hydroxylation sites is 1. The SMILES string of the molecule is Cc1cccc(-c2cc(-c3ccccc3)nc(-c3cc(-c4nc(-c5ccccc5)cc(-c5cccc(C)c5)n4)nc(N4c5ccccc5C5C=CN=CC54)n3)n2)c1. The summed E-state index contributed by atoms with van der Waals surface area (Å²) in [7, 11) is 0. The van der Waals surface area contributed by atoms with E-state index in [1.165, 1.54) is 5.56 Å². The van der Waals surface area contributed by atoms with Crippen molar-refractivity contribution < 1.29 is 0 Å². The lowest BCUT2D eigenvalue weighted by molar-refractivity contribution is 0.770. The molecule has 2 aliphatic heterocycles. The number of aryl methyl sites for hydroxylation is 2. The molecular weight excluding hydrogens is 701 g/mol. The van der Waals surface area contributed by atoms with Gasteiger partial charge < -0.3 is 4.90 Å². The second-order valence-electron chi connectivity index (χ2n) is 14.4. The number of fused-ring (bicyclic) bond motifs is 3. The van der Waals surface area contributed by atoms with Crippen molar-refractivity contribution >= 4 is 17.9 Å². The van der Waals surface area contributed by atoms with Gasteiger partial charge in [0, 0.05) is 46.3 Å². The zero-order chi connectivity index (χ0) is 38.3. The van der Waals surface area contributed by atoms with Crippen LogP contribution in [-0.4, -0.2) is 42.2 Å². The fraction of sp³-hybridized carbons (Fsp3) is 0.0816. The fourth-order valence-electron chi connectivity index (χ4n) is 7.71. The van der Waals surface area contributed by atoms with Crippen LogP contribution in [0.4, 0.5) is 11.6 Å². The van der Waals surface area contributed by atoms with Gasteiger partial charge in [-0.15, -0.1) is 0 Å². The summed E-state index contributed by atoms with van der Waals surface area (Å²) in [5, 5.41) is 0. The summed E-state index contributed by atoms with van der Waals surface area (Å²) in [6.07, 6.45) is 6.00. The predicted octanol–water partition coefficient (Wildman–Crippen LogP) is 10.9. The lowest BCUT2D eigenvalue weighted by Crippen LogP contribution is -2.33. The van der Waals surface area contributed by atoms with Gasteiger partial charge in [-0.2, -0.15) is 0 Å². The summed E-state index contributed by atoms with van der Waals surface area (Å²) in [6.45, 7) is 4.18. The maximum Gasteiger partial charge on any atom is 0.231 e. The van der Waals surface area contributed by atoms with Crippen LogP contribution >= 0.6 is 0 Å². The molecule has 57 heavy (non-hydrogen) atoms. The molecule has 5 heterocycles. The van der Waals surface area contributed by atoms with E-state index in [-0.39, 0.29) is 12.0 Å². The highest BCUT2D eigenvalue weighted by Gasteiger charge is 2.39. The number of benzene rings is 5. The molecule has 0 N–H and O–H groups in total. The highest BCUT2D eigenvalue weighted by atomic mass is 15.3. The quantitative estimate of drug-likeness (QED) is 0.161. The number of anilines is 2. The molecule has 0 spiro atoms. The Morgan fingerprint density at radius 2 is 0.912 bits per heavy atom. The van der Waals surface area contributed by atoms with E-state index in [0.29, 0.717) is 29.0 Å². The van der Waals surface area contributed by atoms with Gasteiger partial charge in [0.25, 0.3) is 0 Å². The van der Waals surface area contributed by atoms with E-state index in [1.54, 1.807) is 0 Å². The number of hydrogen-bond donors (Lipinski definition) is 0. The third-order valence-electron chi connectivity index (χ3n) is 10.4. The number of aromatic nitrogens is 6. The van der Waals surface area contributed by atoms with Crippen molar-refractivity contribution in [2.24, 2.45) is 4.99 Å². The standard InChI is InChI=1S/C49H36N8/c1-31-13-11-19-35(25-31)41-27-39(33-15-5-3-6-16-33)51-47(53-41)43-29-44(56-49(55-43)57-45-22-10-9-21-37(45)38-23-24-50-30-46(38)57)48-52-40(34-17-7-4-8-18-34)28-42(54-48)36-20-12-14-32(2)26-36/h3-30,38,46H,1-2H3. The average Bonchev–Trinajstić information content (AvgIpc) is 3.61. The van der Waals surface area contributed by atoms with Gasteiger partial charge in [0.2, 0.25) is 5.95 Å². The van der Waals surface area contributed by atoms with Crippen molar-refractivity contribution in [2.75, 3.05) is 4.90 Å². The molecule has 0 aliphatic carbocycles.